The molecule has 0 atom stereocenters. The van der Waals surface area contributed by atoms with E-state index in [0.29, 0.717) is 11.3 Å². The van der Waals surface area contributed by atoms with E-state index in [2.05, 4.69) is 9.97 Å². The lowest BCUT2D eigenvalue weighted by molar-refractivity contribution is 0.100. The highest BCUT2D eigenvalue weighted by Crippen LogP contribution is 2.35. The van der Waals surface area contributed by atoms with Crippen LogP contribution in [-0.2, 0) is 16.6 Å². The van der Waals surface area contributed by atoms with Gasteiger partial charge in [0.2, 0.25) is 5.78 Å². The summed E-state index contributed by atoms with van der Waals surface area (Å²) in [7, 11) is -2.35. The van der Waals surface area contributed by atoms with E-state index >= 15 is 0 Å². The normalized spacial score (nSPS) is 16.3. The molecule has 1 aliphatic heterocycles. The topological polar surface area (TPSA) is 92.4 Å². The number of H-pyrrole nitrogens is 1. The molecule has 160 valence electrons. The molecule has 1 N–H and O–H groups in total. The Morgan fingerprint density at radius 1 is 1.09 bits per heavy atom. The third-order valence-corrected chi connectivity index (χ3v) is 7.31. The van der Waals surface area contributed by atoms with Crippen molar-refractivity contribution in [2.45, 2.75) is 11.4 Å². The molecule has 4 aromatic rings. The number of ketones is 1. The van der Waals surface area contributed by atoms with E-state index in [1.807, 2.05) is 18.2 Å². The lowest BCUT2D eigenvalue weighted by atomic mass is 10.0. The van der Waals surface area contributed by atoms with E-state index in [-0.39, 0.29) is 28.5 Å². The van der Waals surface area contributed by atoms with Gasteiger partial charge in [-0.3, -0.25) is 14.1 Å². The van der Waals surface area contributed by atoms with E-state index in [0.717, 1.165) is 16.5 Å². The van der Waals surface area contributed by atoms with Crippen molar-refractivity contribution in [3.05, 3.63) is 95.6 Å². The first-order valence-corrected chi connectivity index (χ1v) is 11.4. The van der Waals surface area contributed by atoms with E-state index in [1.54, 1.807) is 62.1 Å². The summed E-state index contributed by atoms with van der Waals surface area (Å²) in [4.78, 5) is 20.6. The molecule has 0 aliphatic carbocycles. The maximum atomic E-state index is 13.5. The van der Waals surface area contributed by atoms with Crippen molar-refractivity contribution in [2.75, 3.05) is 7.11 Å². The number of hydrogen-bond donors (Lipinski definition) is 1. The van der Waals surface area contributed by atoms with E-state index in [4.69, 9.17) is 4.74 Å². The fourth-order valence-electron chi connectivity index (χ4n) is 3.86. The highest BCUT2D eigenvalue weighted by Gasteiger charge is 2.39. The van der Waals surface area contributed by atoms with Crippen molar-refractivity contribution in [1.29, 1.82) is 0 Å². The van der Waals surface area contributed by atoms with Gasteiger partial charge in [0, 0.05) is 46.7 Å². The van der Waals surface area contributed by atoms with Crippen LogP contribution in [0.2, 0.25) is 0 Å². The Kier molecular flexibility index (Phi) is 4.79. The van der Waals surface area contributed by atoms with Crippen molar-refractivity contribution in [1.82, 2.24) is 14.3 Å². The summed E-state index contributed by atoms with van der Waals surface area (Å²) in [6, 6.07) is 15.3. The molecule has 32 heavy (non-hydrogen) atoms. The smallest absolute Gasteiger partial charge is 0.265 e. The molecule has 0 unspecified atom stereocenters. The molecule has 2 aromatic heterocycles. The van der Waals surface area contributed by atoms with Gasteiger partial charge in [0.15, 0.2) is 0 Å². The van der Waals surface area contributed by atoms with Gasteiger partial charge in [0.1, 0.15) is 11.4 Å². The summed E-state index contributed by atoms with van der Waals surface area (Å²) < 4.78 is 33.5. The summed E-state index contributed by atoms with van der Waals surface area (Å²) in [6.45, 7) is 0.0208. The molecule has 1 aliphatic rings. The average Bonchev–Trinajstić information content (AvgIpc) is 3.22. The molecule has 5 rings (SSSR count). The van der Waals surface area contributed by atoms with Crippen LogP contribution in [0.1, 0.15) is 21.5 Å². The summed E-state index contributed by atoms with van der Waals surface area (Å²) in [5, 5.41) is 0.853. The minimum atomic E-state index is -3.94. The van der Waals surface area contributed by atoms with Gasteiger partial charge in [-0.1, -0.05) is 12.1 Å². The van der Waals surface area contributed by atoms with Gasteiger partial charge in [-0.25, -0.2) is 8.42 Å². The van der Waals surface area contributed by atoms with Crippen molar-refractivity contribution in [2.24, 2.45) is 0 Å². The number of benzene rings is 2. The van der Waals surface area contributed by atoms with Crippen LogP contribution < -0.4 is 4.74 Å². The van der Waals surface area contributed by atoms with Crippen molar-refractivity contribution >= 4 is 32.8 Å². The minimum Gasteiger partial charge on any atom is -0.497 e. The number of nitrogens with zero attached hydrogens (tertiary/aromatic N) is 2. The molecule has 0 spiro atoms. The summed E-state index contributed by atoms with van der Waals surface area (Å²) in [6.07, 6.45) is 6.57. The van der Waals surface area contributed by atoms with Crippen LogP contribution in [0.3, 0.4) is 0 Å². The van der Waals surface area contributed by atoms with Crippen molar-refractivity contribution < 1.29 is 17.9 Å². The molecular formula is C24H19N3O4S. The van der Waals surface area contributed by atoms with Gasteiger partial charge in [-0.05, 0) is 48.0 Å². The summed E-state index contributed by atoms with van der Waals surface area (Å²) >= 11 is 0. The third-order valence-electron chi connectivity index (χ3n) is 5.49. The SMILES string of the molecule is COc1ccc2c(C=C3C(=O)c4ccccc4S(=O)(=O)N3Cc3ccncc3)c[nH]c2c1. The zero-order valence-corrected chi connectivity index (χ0v) is 18.0. The van der Waals surface area contributed by atoms with Gasteiger partial charge in [-0.2, -0.15) is 0 Å². The Balaban J connectivity index is 1.70. The molecule has 8 heteroatoms. The highest BCUT2D eigenvalue weighted by molar-refractivity contribution is 7.89. The summed E-state index contributed by atoms with van der Waals surface area (Å²) in [5.41, 5.74) is 2.53. The number of sulfonamides is 1. The van der Waals surface area contributed by atoms with Crippen molar-refractivity contribution in [3.8, 4) is 5.75 Å². The number of carbonyl (C=O) groups excluding carboxylic acids is 1. The second-order valence-electron chi connectivity index (χ2n) is 7.38. The number of allylic oxidation sites excluding steroid dienone is 1. The van der Waals surface area contributed by atoms with Gasteiger partial charge in [0.25, 0.3) is 10.0 Å². The van der Waals surface area contributed by atoms with E-state index in [1.165, 1.54) is 10.4 Å². The van der Waals surface area contributed by atoms with Gasteiger partial charge >= 0.3 is 0 Å². The Bertz CT molecular complexity index is 1470. The maximum absolute atomic E-state index is 13.5. The first-order valence-electron chi connectivity index (χ1n) is 9.91. The molecule has 0 saturated carbocycles. The molecule has 3 heterocycles. The third kappa shape index (κ3) is 3.25. The van der Waals surface area contributed by atoms with Crippen LogP contribution in [0.25, 0.3) is 17.0 Å². The molecule has 0 bridgehead atoms. The number of hydrogen-bond acceptors (Lipinski definition) is 5. The highest BCUT2D eigenvalue weighted by atomic mass is 32.2. The molecule has 0 saturated heterocycles. The summed E-state index contributed by atoms with van der Waals surface area (Å²) in [5.74, 6) is 0.357. The molecule has 2 aromatic carbocycles. The monoisotopic (exact) mass is 445 g/mol. The fraction of sp³-hybridized carbons (Fsp3) is 0.0833. The standard InChI is InChI=1S/C24H19N3O4S/c1-31-18-6-7-19-17(14-26-21(19)13-18)12-22-24(28)20-4-2-3-5-23(20)32(29,30)27(22)15-16-8-10-25-11-9-16/h2-14,26H,15H2,1H3. The second-order valence-corrected chi connectivity index (χ2v) is 9.21. The lowest BCUT2D eigenvalue weighted by Gasteiger charge is -2.31. The maximum Gasteiger partial charge on any atom is 0.265 e. The average molecular weight is 446 g/mol. The molecular weight excluding hydrogens is 426 g/mol. The first-order chi connectivity index (χ1) is 15.5. The number of methoxy groups -OCH3 is 1. The molecule has 0 radical (unpaired) electrons. The number of nitrogens with one attached hydrogen (secondary N) is 1. The van der Waals surface area contributed by atoms with Crippen molar-refractivity contribution in [3.63, 3.8) is 0 Å². The number of pyridine rings is 1. The van der Waals surface area contributed by atoms with E-state index < -0.39 is 10.0 Å². The Labute approximate surface area is 185 Å². The van der Waals surface area contributed by atoms with Crippen LogP contribution in [0.4, 0.5) is 0 Å². The fourth-order valence-corrected chi connectivity index (χ4v) is 5.50. The quantitative estimate of drug-likeness (QED) is 0.480. The van der Waals surface area contributed by atoms with Gasteiger partial charge in [0.05, 0.1) is 18.6 Å². The molecule has 0 amide bonds. The number of fused-ring (bicyclic) bond motifs is 2. The van der Waals surface area contributed by atoms with Crippen LogP contribution in [0.15, 0.2) is 83.8 Å². The van der Waals surface area contributed by atoms with Gasteiger partial charge < -0.3 is 9.72 Å². The van der Waals surface area contributed by atoms with Crippen LogP contribution >= 0.6 is 0 Å². The van der Waals surface area contributed by atoms with Crippen LogP contribution in [0, 0.1) is 0 Å². The predicted molar refractivity (Wildman–Crippen MR) is 121 cm³/mol. The number of aromatic nitrogens is 2. The number of Topliss-reactive ketones (excluding diaryl/α,β-unsaturated/α-hetero) is 1. The van der Waals surface area contributed by atoms with Crippen LogP contribution in [-0.4, -0.2) is 35.6 Å². The number of carbonyl (C=O) groups is 1. The Morgan fingerprint density at radius 3 is 2.66 bits per heavy atom. The largest absolute Gasteiger partial charge is 0.497 e. The zero-order chi connectivity index (χ0) is 22.3. The second kappa shape index (κ2) is 7.65. The molecule has 0 fully saturated rings. The Morgan fingerprint density at radius 2 is 1.88 bits per heavy atom. The minimum absolute atomic E-state index is 0.0138. The number of ether oxygens (including phenoxy) is 1. The number of aromatic amines is 1. The van der Waals surface area contributed by atoms with Crippen LogP contribution in [0.5, 0.6) is 5.75 Å². The predicted octanol–water partition coefficient (Wildman–Crippen LogP) is 4.00. The molecule has 7 nitrogen and oxygen atoms in total. The zero-order valence-electron chi connectivity index (χ0n) is 17.1. The lowest BCUT2D eigenvalue weighted by Crippen LogP contribution is -2.38. The number of rotatable bonds is 4. The Hall–Kier alpha value is -3.91. The first kappa shape index (κ1) is 20.0. The van der Waals surface area contributed by atoms with Gasteiger partial charge in [-0.15, -0.1) is 0 Å². The van der Waals surface area contributed by atoms with E-state index in [9.17, 15) is 13.2 Å².